The van der Waals surface area contributed by atoms with Crippen molar-refractivity contribution in [1.82, 2.24) is 0 Å². The predicted molar refractivity (Wildman–Crippen MR) is 82.1 cm³/mol. The first-order valence-electron chi connectivity index (χ1n) is 7.17. The molecule has 2 nitrogen and oxygen atoms in total. The highest BCUT2D eigenvalue weighted by atomic mass is 16.5. The van der Waals surface area contributed by atoms with Crippen molar-refractivity contribution in [2.24, 2.45) is 5.73 Å². The summed E-state index contributed by atoms with van der Waals surface area (Å²) >= 11 is 0. The predicted octanol–water partition coefficient (Wildman–Crippen LogP) is 3.54. The standard InChI is InChI=1S/C18H21NO/c1-13-12-15(20-2)9-10-16(13)18(19)11-5-7-14-6-3-4-8-17(14)18/h3-4,6,8-10,12H,5,7,11,19H2,1-2H3. The summed E-state index contributed by atoms with van der Waals surface area (Å²) in [4.78, 5) is 0. The highest BCUT2D eigenvalue weighted by Gasteiger charge is 2.35. The van der Waals surface area contributed by atoms with Crippen molar-refractivity contribution >= 4 is 0 Å². The lowest BCUT2D eigenvalue weighted by Gasteiger charge is -2.37. The molecule has 0 radical (unpaired) electrons. The molecule has 0 saturated carbocycles. The van der Waals surface area contributed by atoms with E-state index in [9.17, 15) is 0 Å². The van der Waals surface area contributed by atoms with E-state index in [1.165, 1.54) is 22.3 Å². The molecule has 0 spiro atoms. The van der Waals surface area contributed by atoms with E-state index in [1.807, 2.05) is 6.07 Å². The first-order valence-corrected chi connectivity index (χ1v) is 7.17. The Bertz CT molecular complexity index is 635. The maximum Gasteiger partial charge on any atom is 0.119 e. The van der Waals surface area contributed by atoms with Crippen LogP contribution in [0.5, 0.6) is 5.75 Å². The molecule has 2 aromatic rings. The van der Waals surface area contributed by atoms with Crippen LogP contribution in [0, 0.1) is 6.92 Å². The molecule has 2 N–H and O–H groups in total. The first-order chi connectivity index (χ1) is 9.65. The number of aryl methyl sites for hydroxylation is 2. The minimum atomic E-state index is -0.370. The summed E-state index contributed by atoms with van der Waals surface area (Å²) in [6, 6.07) is 14.8. The van der Waals surface area contributed by atoms with Crippen LogP contribution in [0.1, 0.15) is 35.1 Å². The van der Waals surface area contributed by atoms with Gasteiger partial charge in [-0.2, -0.15) is 0 Å². The van der Waals surface area contributed by atoms with Gasteiger partial charge in [-0.05, 0) is 60.6 Å². The Labute approximate surface area is 120 Å². The lowest BCUT2D eigenvalue weighted by Crippen LogP contribution is -2.41. The molecule has 1 atom stereocenters. The van der Waals surface area contributed by atoms with Gasteiger partial charge in [0.15, 0.2) is 0 Å². The van der Waals surface area contributed by atoms with E-state index in [2.05, 4.69) is 43.3 Å². The zero-order valence-electron chi connectivity index (χ0n) is 12.1. The number of nitrogens with two attached hydrogens (primary N) is 1. The van der Waals surface area contributed by atoms with Crippen molar-refractivity contribution in [1.29, 1.82) is 0 Å². The van der Waals surface area contributed by atoms with Crippen molar-refractivity contribution in [3.8, 4) is 5.75 Å². The molecular weight excluding hydrogens is 246 g/mol. The summed E-state index contributed by atoms with van der Waals surface area (Å²) in [5.41, 5.74) is 11.5. The van der Waals surface area contributed by atoms with Crippen LogP contribution in [-0.2, 0) is 12.0 Å². The Morgan fingerprint density at radius 3 is 2.65 bits per heavy atom. The fourth-order valence-electron chi connectivity index (χ4n) is 3.41. The Kier molecular flexibility index (Phi) is 3.27. The van der Waals surface area contributed by atoms with E-state index < -0.39 is 0 Å². The van der Waals surface area contributed by atoms with Crippen molar-refractivity contribution < 1.29 is 4.74 Å². The third-order valence-corrected chi connectivity index (χ3v) is 4.43. The highest BCUT2D eigenvalue weighted by Crippen LogP contribution is 2.40. The average Bonchev–Trinajstić information content (AvgIpc) is 2.47. The van der Waals surface area contributed by atoms with Crippen LogP contribution in [0.4, 0.5) is 0 Å². The monoisotopic (exact) mass is 267 g/mol. The van der Waals surface area contributed by atoms with Gasteiger partial charge in [-0.1, -0.05) is 30.3 Å². The van der Waals surface area contributed by atoms with Crippen LogP contribution < -0.4 is 10.5 Å². The second-order valence-corrected chi connectivity index (χ2v) is 5.66. The molecule has 0 aliphatic heterocycles. The molecule has 0 heterocycles. The minimum Gasteiger partial charge on any atom is -0.497 e. The van der Waals surface area contributed by atoms with Crippen LogP contribution >= 0.6 is 0 Å². The summed E-state index contributed by atoms with van der Waals surface area (Å²) < 4.78 is 5.30. The summed E-state index contributed by atoms with van der Waals surface area (Å²) in [6.07, 6.45) is 3.26. The fraction of sp³-hybridized carbons (Fsp3) is 0.333. The lowest BCUT2D eigenvalue weighted by atomic mass is 9.72. The second-order valence-electron chi connectivity index (χ2n) is 5.66. The van der Waals surface area contributed by atoms with Crippen LogP contribution in [0.15, 0.2) is 42.5 Å². The van der Waals surface area contributed by atoms with Gasteiger partial charge in [-0.25, -0.2) is 0 Å². The molecule has 0 bridgehead atoms. The van der Waals surface area contributed by atoms with E-state index in [0.29, 0.717) is 0 Å². The van der Waals surface area contributed by atoms with Crippen molar-refractivity contribution in [2.75, 3.05) is 7.11 Å². The molecule has 104 valence electrons. The average molecular weight is 267 g/mol. The van der Waals surface area contributed by atoms with Crippen molar-refractivity contribution in [3.63, 3.8) is 0 Å². The van der Waals surface area contributed by atoms with E-state index in [-0.39, 0.29) is 5.54 Å². The zero-order chi connectivity index (χ0) is 14.2. The number of ether oxygens (including phenoxy) is 1. The lowest BCUT2D eigenvalue weighted by molar-refractivity contribution is 0.411. The maximum atomic E-state index is 6.84. The molecule has 0 fully saturated rings. The Balaban J connectivity index is 2.14. The van der Waals surface area contributed by atoms with Crippen molar-refractivity contribution in [3.05, 3.63) is 64.7 Å². The van der Waals surface area contributed by atoms with Gasteiger partial charge >= 0.3 is 0 Å². The van der Waals surface area contributed by atoms with E-state index in [0.717, 1.165) is 25.0 Å². The molecule has 1 aliphatic carbocycles. The Morgan fingerprint density at radius 1 is 1.10 bits per heavy atom. The van der Waals surface area contributed by atoms with Crippen molar-refractivity contribution in [2.45, 2.75) is 31.7 Å². The van der Waals surface area contributed by atoms with Crippen LogP contribution in [0.2, 0.25) is 0 Å². The number of methoxy groups -OCH3 is 1. The number of hydrogen-bond acceptors (Lipinski definition) is 2. The molecule has 20 heavy (non-hydrogen) atoms. The number of rotatable bonds is 2. The van der Waals surface area contributed by atoms with Crippen LogP contribution in [0.25, 0.3) is 0 Å². The van der Waals surface area contributed by atoms with E-state index in [1.54, 1.807) is 7.11 Å². The summed E-state index contributed by atoms with van der Waals surface area (Å²) in [6.45, 7) is 2.11. The third-order valence-electron chi connectivity index (χ3n) is 4.43. The molecule has 3 rings (SSSR count). The Hall–Kier alpha value is -1.80. The zero-order valence-corrected chi connectivity index (χ0v) is 12.1. The van der Waals surface area contributed by atoms with Crippen LogP contribution in [0.3, 0.4) is 0 Å². The highest BCUT2D eigenvalue weighted by molar-refractivity contribution is 5.48. The maximum absolute atomic E-state index is 6.84. The smallest absolute Gasteiger partial charge is 0.119 e. The summed E-state index contributed by atoms with van der Waals surface area (Å²) in [5, 5.41) is 0. The SMILES string of the molecule is COc1ccc(C2(N)CCCc3ccccc32)c(C)c1. The van der Waals surface area contributed by atoms with Gasteiger partial charge in [0.1, 0.15) is 5.75 Å². The van der Waals surface area contributed by atoms with Gasteiger partial charge in [0.2, 0.25) is 0 Å². The molecule has 1 aliphatic rings. The summed E-state index contributed by atoms with van der Waals surface area (Å²) in [7, 11) is 1.70. The number of benzene rings is 2. The van der Waals surface area contributed by atoms with E-state index >= 15 is 0 Å². The fourth-order valence-corrected chi connectivity index (χ4v) is 3.41. The third kappa shape index (κ3) is 2.01. The first kappa shape index (κ1) is 13.2. The van der Waals surface area contributed by atoms with E-state index in [4.69, 9.17) is 10.5 Å². The largest absolute Gasteiger partial charge is 0.497 e. The second kappa shape index (κ2) is 4.95. The van der Waals surface area contributed by atoms with Gasteiger partial charge in [0, 0.05) is 0 Å². The van der Waals surface area contributed by atoms with Gasteiger partial charge in [0.05, 0.1) is 12.6 Å². The molecule has 0 saturated heterocycles. The number of fused-ring (bicyclic) bond motifs is 1. The Morgan fingerprint density at radius 2 is 1.90 bits per heavy atom. The molecular formula is C18H21NO. The summed E-state index contributed by atoms with van der Waals surface area (Å²) in [5.74, 6) is 0.888. The topological polar surface area (TPSA) is 35.2 Å². The van der Waals surface area contributed by atoms with Gasteiger partial charge in [-0.15, -0.1) is 0 Å². The van der Waals surface area contributed by atoms with Crippen LogP contribution in [-0.4, -0.2) is 7.11 Å². The van der Waals surface area contributed by atoms with Gasteiger partial charge in [-0.3, -0.25) is 0 Å². The number of hydrogen-bond donors (Lipinski definition) is 1. The van der Waals surface area contributed by atoms with Gasteiger partial charge < -0.3 is 10.5 Å². The van der Waals surface area contributed by atoms with Gasteiger partial charge in [0.25, 0.3) is 0 Å². The normalized spacial score (nSPS) is 21.4. The minimum absolute atomic E-state index is 0.370. The molecule has 1 unspecified atom stereocenters. The molecule has 2 aromatic carbocycles. The quantitative estimate of drug-likeness (QED) is 0.903. The molecule has 0 amide bonds. The molecule has 2 heteroatoms. The molecule has 0 aromatic heterocycles.